The number of nitrogens with one attached hydrogen (secondary N) is 2. The summed E-state index contributed by atoms with van der Waals surface area (Å²) in [6.45, 7) is 5.86. The van der Waals surface area contributed by atoms with Crippen molar-refractivity contribution in [2.24, 2.45) is 11.8 Å². The van der Waals surface area contributed by atoms with Crippen LogP contribution < -0.4 is 10.9 Å². The van der Waals surface area contributed by atoms with E-state index in [0.717, 1.165) is 31.0 Å². The zero-order chi connectivity index (χ0) is 20.3. The number of amides is 1. The lowest BCUT2D eigenvalue weighted by Gasteiger charge is -2.29. The SMILES string of the molecule is CCOC(=O)C1=C(NC(=O)CSc2nnc(C)c(=O)[nH]2)SC2CC(C)CCC12. The molecule has 0 saturated heterocycles. The Kier molecular flexibility index (Phi) is 6.82. The molecule has 0 spiro atoms. The molecule has 3 rings (SSSR count). The number of aromatic nitrogens is 3. The van der Waals surface area contributed by atoms with Gasteiger partial charge in [0.05, 0.1) is 23.0 Å². The first-order valence-electron chi connectivity index (χ1n) is 9.33. The summed E-state index contributed by atoms with van der Waals surface area (Å²) in [5.74, 6) is 0.194. The first-order valence-corrected chi connectivity index (χ1v) is 11.2. The van der Waals surface area contributed by atoms with Crippen LogP contribution in [0, 0.1) is 18.8 Å². The van der Waals surface area contributed by atoms with Gasteiger partial charge in [-0.2, -0.15) is 0 Å². The van der Waals surface area contributed by atoms with Gasteiger partial charge in [0.25, 0.3) is 5.56 Å². The van der Waals surface area contributed by atoms with Gasteiger partial charge in [-0.25, -0.2) is 4.79 Å². The van der Waals surface area contributed by atoms with Crippen molar-refractivity contribution in [1.29, 1.82) is 0 Å². The molecule has 1 saturated carbocycles. The second kappa shape index (κ2) is 9.13. The number of carbonyl (C=O) groups excluding carboxylic acids is 2. The Morgan fingerprint density at radius 2 is 2.14 bits per heavy atom. The number of aryl methyl sites for hydroxylation is 1. The summed E-state index contributed by atoms with van der Waals surface area (Å²) in [6.07, 6.45) is 3.02. The number of aromatic amines is 1. The molecule has 28 heavy (non-hydrogen) atoms. The van der Waals surface area contributed by atoms with E-state index in [1.165, 1.54) is 0 Å². The lowest BCUT2D eigenvalue weighted by molar-refractivity contribution is -0.139. The molecule has 152 valence electrons. The van der Waals surface area contributed by atoms with Crippen LogP contribution in [0.4, 0.5) is 0 Å². The molecule has 1 aromatic rings. The van der Waals surface area contributed by atoms with E-state index in [2.05, 4.69) is 27.4 Å². The number of nitrogens with zero attached hydrogens (tertiary/aromatic N) is 2. The summed E-state index contributed by atoms with van der Waals surface area (Å²) in [4.78, 5) is 39.1. The molecular formula is C18H24N4O4S2. The Bertz CT molecular complexity index is 854. The second-order valence-electron chi connectivity index (χ2n) is 7.03. The predicted molar refractivity (Wildman–Crippen MR) is 108 cm³/mol. The van der Waals surface area contributed by atoms with Crippen LogP contribution in [0.25, 0.3) is 0 Å². The molecule has 10 heteroatoms. The fourth-order valence-corrected chi connectivity index (χ4v) is 5.76. The van der Waals surface area contributed by atoms with Gasteiger partial charge in [0.1, 0.15) is 5.69 Å². The van der Waals surface area contributed by atoms with Crippen LogP contribution in [0.5, 0.6) is 0 Å². The molecular weight excluding hydrogens is 400 g/mol. The minimum atomic E-state index is -0.339. The third kappa shape index (κ3) is 4.78. The number of H-pyrrole nitrogens is 1. The van der Waals surface area contributed by atoms with Crippen molar-refractivity contribution in [3.05, 3.63) is 26.6 Å². The van der Waals surface area contributed by atoms with Gasteiger partial charge in [0, 0.05) is 11.2 Å². The molecule has 8 nitrogen and oxygen atoms in total. The van der Waals surface area contributed by atoms with E-state index in [4.69, 9.17) is 4.74 Å². The average molecular weight is 425 g/mol. The summed E-state index contributed by atoms with van der Waals surface area (Å²) in [7, 11) is 0. The van der Waals surface area contributed by atoms with Crippen LogP contribution in [0.1, 0.15) is 38.8 Å². The number of carbonyl (C=O) groups is 2. The molecule has 0 bridgehead atoms. The van der Waals surface area contributed by atoms with Gasteiger partial charge in [-0.1, -0.05) is 25.1 Å². The van der Waals surface area contributed by atoms with Crippen molar-refractivity contribution in [3.8, 4) is 0 Å². The smallest absolute Gasteiger partial charge is 0.336 e. The number of rotatable bonds is 6. The average Bonchev–Trinajstić information content (AvgIpc) is 2.99. The maximum atomic E-state index is 12.5. The van der Waals surface area contributed by atoms with Gasteiger partial charge < -0.3 is 10.1 Å². The van der Waals surface area contributed by atoms with E-state index in [-0.39, 0.29) is 40.0 Å². The number of esters is 1. The van der Waals surface area contributed by atoms with Gasteiger partial charge in [0.2, 0.25) is 5.91 Å². The van der Waals surface area contributed by atoms with E-state index >= 15 is 0 Å². The molecule has 2 aliphatic rings. The van der Waals surface area contributed by atoms with E-state index < -0.39 is 0 Å². The van der Waals surface area contributed by atoms with Crippen molar-refractivity contribution in [2.45, 2.75) is 50.4 Å². The molecule has 1 amide bonds. The topological polar surface area (TPSA) is 114 Å². The predicted octanol–water partition coefficient (Wildman–Crippen LogP) is 2.01. The number of hydrogen-bond donors (Lipinski definition) is 2. The van der Waals surface area contributed by atoms with Crippen molar-refractivity contribution < 1.29 is 14.3 Å². The molecule has 2 N–H and O–H groups in total. The van der Waals surface area contributed by atoms with Crippen molar-refractivity contribution in [3.63, 3.8) is 0 Å². The normalized spacial score (nSPS) is 24.0. The highest BCUT2D eigenvalue weighted by Gasteiger charge is 2.43. The summed E-state index contributed by atoms with van der Waals surface area (Å²) in [5, 5.41) is 11.7. The maximum Gasteiger partial charge on any atom is 0.336 e. The summed E-state index contributed by atoms with van der Waals surface area (Å²) in [6, 6.07) is 0. The zero-order valence-electron chi connectivity index (χ0n) is 16.1. The van der Waals surface area contributed by atoms with Crippen LogP contribution in [-0.2, 0) is 14.3 Å². The number of hydrogen-bond acceptors (Lipinski definition) is 8. The van der Waals surface area contributed by atoms with E-state index in [0.29, 0.717) is 28.4 Å². The number of thioether (sulfide) groups is 2. The van der Waals surface area contributed by atoms with E-state index in [1.54, 1.807) is 25.6 Å². The third-order valence-corrected chi connectivity index (χ3v) is 7.11. The monoisotopic (exact) mass is 424 g/mol. The third-order valence-electron chi connectivity index (χ3n) is 4.87. The summed E-state index contributed by atoms with van der Waals surface area (Å²) < 4.78 is 5.24. The molecule has 2 heterocycles. The van der Waals surface area contributed by atoms with Crippen LogP contribution in [0.15, 0.2) is 20.6 Å². The second-order valence-corrected chi connectivity index (χ2v) is 9.24. The Labute approximate surface area is 171 Å². The first-order chi connectivity index (χ1) is 13.4. The summed E-state index contributed by atoms with van der Waals surface area (Å²) >= 11 is 2.66. The van der Waals surface area contributed by atoms with Gasteiger partial charge in [0.15, 0.2) is 5.16 Å². The number of fused-ring (bicyclic) bond motifs is 1. The Hall–Kier alpha value is -1.81. The highest BCUT2D eigenvalue weighted by Crippen LogP contribution is 2.49. The van der Waals surface area contributed by atoms with Crippen molar-refractivity contribution >= 4 is 35.4 Å². The van der Waals surface area contributed by atoms with Crippen molar-refractivity contribution in [2.75, 3.05) is 12.4 Å². The van der Waals surface area contributed by atoms with Crippen LogP contribution in [0.3, 0.4) is 0 Å². The van der Waals surface area contributed by atoms with E-state index in [9.17, 15) is 14.4 Å². The molecule has 0 radical (unpaired) electrons. The Morgan fingerprint density at radius 1 is 1.36 bits per heavy atom. The minimum absolute atomic E-state index is 0.0551. The lowest BCUT2D eigenvalue weighted by Crippen LogP contribution is -2.28. The number of ether oxygens (including phenoxy) is 1. The van der Waals surface area contributed by atoms with Crippen LogP contribution >= 0.6 is 23.5 Å². The molecule has 0 aromatic carbocycles. The van der Waals surface area contributed by atoms with Gasteiger partial charge in [-0.05, 0) is 32.6 Å². The largest absolute Gasteiger partial charge is 0.463 e. The van der Waals surface area contributed by atoms with Crippen LogP contribution in [0.2, 0.25) is 0 Å². The molecule has 1 aliphatic carbocycles. The van der Waals surface area contributed by atoms with Crippen molar-refractivity contribution in [1.82, 2.24) is 20.5 Å². The molecule has 1 aliphatic heterocycles. The fraction of sp³-hybridized carbons (Fsp3) is 0.611. The Balaban J connectivity index is 1.69. The molecule has 1 fully saturated rings. The standard InChI is InChI=1S/C18H24N4O4S2/c1-4-26-17(25)14-11-6-5-9(2)7-12(11)28-16(14)19-13(23)8-27-18-20-15(24)10(3)21-22-18/h9,11-12H,4-8H2,1-3H3,(H,19,23)(H,20,22,24). The quantitative estimate of drug-likeness (QED) is 0.527. The molecule has 3 atom stereocenters. The Morgan fingerprint density at radius 3 is 2.86 bits per heavy atom. The lowest BCUT2D eigenvalue weighted by atomic mass is 9.79. The van der Waals surface area contributed by atoms with Crippen LogP contribution in [-0.4, -0.2) is 44.7 Å². The molecule has 1 aromatic heterocycles. The molecule has 3 unspecified atom stereocenters. The summed E-state index contributed by atoms with van der Waals surface area (Å²) in [5.41, 5.74) is 0.553. The maximum absolute atomic E-state index is 12.5. The van der Waals surface area contributed by atoms with Gasteiger partial charge >= 0.3 is 5.97 Å². The van der Waals surface area contributed by atoms with E-state index in [1.807, 2.05) is 0 Å². The van der Waals surface area contributed by atoms with Gasteiger partial charge in [-0.3, -0.25) is 14.6 Å². The first kappa shape index (κ1) is 20.9. The minimum Gasteiger partial charge on any atom is -0.463 e. The zero-order valence-corrected chi connectivity index (χ0v) is 17.7. The fourth-order valence-electron chi connectivity index (χ4n) is 3.46. The highest BCUT2D eigenvalue weighted by molar-refractivity contribution is 8.04. The highest BCUT2D eigenvalue weighted by atomic mass is 32.2. The van der Waals surface area contributed by atoms with Gasteiger partial charge in [-0.15, -0.1) is 22.0 Å².